The van der Waals surface area contributed by atoms with E-state index in [1.54, 1.807) is 6.07 Å². The molecule has 0 aliphatic rings. The maximum atomic E-state index is 13.2. The zero-order valence-corrected chi connectivity index (χ0v) is 15.1. The van der Waals surface area contributed by atoms with Crippen LogP contribution in [0.1, 0.15) is 15.9 Å². The summed E-state index contributed by atoms with van der Waals surface area (Å²) in [6.07, 6.45) is 1.21. The van der Waals surface area contributed by atoms with Gasteiger partial charge in [-0.25, -0.2) is 13.9 Å². The van der Waals surface area contributed by atoms with Crippen LogP contribution >= 0.6 is 23.4 Å². The zero-order chi connectivity index (χ0) is 19.6. The molecule has 27 heavy (non-hydrogen) atoms. The van der Waals surface area contributed by atoms with Gasteiger partial charge in [-0.1, -0.05) is 17.7 Å². The zero-order valence-electron chi connectivity index (χ0n) is 13.5. The molecule has 0 radical (unpaired) electrons. The summed E-state index contributed by atoms with van der Waals surface area (Å²) in [5.41, 5.74) is 0.655. The molecule has 0 saturated carbocycles. The van der Waals surface area contributed by atoms with Crippen LogP contribution in [0.15, 0.2) is 35.6 Å². The Morgan fingerprint density at radius 3 is 2.81 bits per heavy atom. The third-order valence-electron chi connectivity index (χ3n) is 3.49. The number of pyridine rings is 1. The summed E-state index contributed by atoms with van der Waals surface area (Å²) in [6.45, 7) is -0.597. The van der Waals surface area contributed by atoms with E-state index in [1.165, 1.54) is 40.8 Å². The topological polar surface area (TPSA) is 117 Å². The summed E-state index contributed by atoms with van der Waals surface area (Å²) in [7, 11) is 0. The highest BCUT2D eigenvalue weighted by molar-refractivity contribution is 7.98. The van der Waals surface area contributed by atoms with E-state index >= 15 is 0 Å². The van der Waals surface area contributed by atoms with Gasteiger partial charge in [-0.05, 0) is 17.7 Å². The number of halogens is 2. The molecule has 140 valence electrons. The Balaban J connectivity index is 1.88. The smallest absolute Gasteiger partial charge is 0.322 e. The Kier molecular flexibility index (Phi) is 5.47. The lowest BCUT2D eigenvalue weighted by molar-refractivity contribution is -0.135. The average Bonchev–Trinajstić information content (AvgIpc) is 3.10. The number of carbonyl (C=O) groups is 2. The molecule has 3 rings (SSSR count). The molecule has 0 unspecified atom stereocenters. The van der Waals surface area contributed by atoms with Gasteiger partial charge in [0.15, 0.2) is 5.65 Å². The van der Waals surface area contributed by atoms with E-state index in [0.29, 0.717) is 10.8 Å². The van der Waals surface area contributed by atoms with E-state index in [1.807, 2.05) is 0 Å². The normalized spacial score (nSPS) is 10.9. The second-order valence-corrected chi connectivity index (χ2v) is 6.75. The minimum absolute atomic E-state index is 0.00676. The van der Waals surface area contributed by atoms with Crippen molar-refractivity contribution in [2.24, 2.45) is 0 Å². The van der Waals surface area contributed by atoms with E-state index < -0.39 is 24.2 Å². The van der Waals surface area contributed by atoms with Crippen molar-refractivity contribution in [3.63, 3.8) is 0 Å². The van der Waals surface area contributed by atoms with Gasteiger partial charge >= 0.3 is 5.97 Å². The van der Waals surface area contributed by atoms with Gasteiger partial charge in [0.05, 0.1) is 5.02 Å². The standard InChI is InChI=1S/C16H12ClFN4O4S/c17-9-3-8(1-2-10(9)18)6-27-12-4-11(23)14(15-20-7-21-22(12)15)16(26)19-5-13(24)25/h1-4,7,23H,5-6H2,(H,19,26)(H,24,25). The number of aliphatic carboxylic acids is 1. The summed E-state index contributed by atoms with van der Waals surface area (Å²) in [6, 6.07) is 5.67. The fourth-order valence-electron chi connectivity index (χ4n) is 2.29. The number of carboxylic acids is 1. The quantitative estimate of drug-likeness (QED) is 0.534. The van der Waals surface area contributed by atoms with Crippen LogP contribution < -0.4 is 5.32 Å². The highest BCUT2D eigenvalue weighted by Gasteiger charge is 2.21. The van der Waals surface area contributed by atoms with Crippen molar-refractivity contribution in [2.75, 3.05) is 6.54 Å². The summed E-state index contributed by atoms with van der Waals surface area (Å²) < 4.78 is 14.6. The Hall–Kier alpha value is -2.85. The van der Waals surface area contributed by atoms with Crippen LogP contribution in [-0.4, -0.2) is 43.2 Å². The van der Waals surface area contributed by atoms with Gasteiger partial charge in [0.25, 0.3) is 5.91 Å². The van der Waals surface area contributed by atoms with Crippen LogP contribution in [-0.2, 0) is 10.5 Å². The van der Waals surface area contributed by atoms with E-state index in [-0.39, 0.29) is 22.0 Å². The van der Waals surface area contributed by atoms with Crippen molar-refractivity contribution in [2.45, 2.75) is 10.8 Å². The van der Waals surface area contributed by atoms with Crippen molar-refractivity contribution in [3.05, 3.63) is 52.6 Å². The molecule has 0 aliphatic carbocycles. The fourth-order valence-corrected chi connectivity index (χ4v) is 3.44. The Bertz CT molecular complexity index is 1040. The number of nitrogens with zero attached hydrogens (tertiary/aromatic N) is 3. The van der Waals surface area contributed by atoms with Gasteiger partial charge in [0.1, 0.15) is 35.0 Å². The van der Waals surface area contributed by atoms with Gasteiger partial charge in [0.2, 0.25) is 0 Å². The van der Waals surface area contributed by atoms with Gasteiger partial charge in [-0.2, -0.15) is 5.10 Å². The maximum absolute atomic E-state index is 13.2. The molecule has 2 aromatic heterocycles. The molecule has 0 spiro atoms. The summed E-state index contributed by atoms with van der Waals surface area (Å²) >= 11 is 7.04. The van der Waals surface area contributed by atoms with E-state index in [0.717, 1.165) is 5.56 Å². The SMILES string of the molecule is O=C(O)CNC(=O)c1c(O)cc(SCc2ccc(F)c(Cl)c2)n2ncnc12. The first-order valence-corrected chi connectivity index (χ1v) is 8.85. The van der Waals surface area contributed by atoms with Gasteiger partial charge in [-0.15, -0.1) is 11.8 Å². The van der Waals surface area contributed by atoms with Crippen LogP contribution in [0, 0.1) is 5.82 Å². The first kappa shape index (κ1) is 18.9. The third-order valence-corrected chi connectivity index (χ3v) is 4.85. The lowest BCUT2D eigenvalue weighted by atomic mass is 10.2. The van der Waals surface area contributed by atoms with Gasteiger partial charge in [0, 0.05) is 11.8 Å². The Morgan fingerprint density at radius 1 is 1.33 bits per heavy atom. The predicted octanol–water partition coefficient (Wildman–Crippen LogP) is 2.33. The Morgan fingerprint density at radius 2 is 2.11 bits per heavy atom. The molecule has 3 N–H and O–H groups in total. The van der Waals surface area contributed by atoms with Crippen molar-refractivity contribution in [3.8, 4) is 5.75 Å². The molecular weight excluding hydrogens is 399 g/mol. The van der Waals surface area contributed by atoms with Crippen LogP contribution in [0.4, 0.5) is 4.39 Å². The highest BCUT2D eigenvalue weighted by atomic mass is 35.5. The van der Waals surface area contributed by atoms with Crippen molar-refractivity contribution in [1.82, 2.24) is 19.9 Å². The number of hydrogen-bond acceptors (Lipinski definition) is 6. The second-order valence-electron chi connectivity index (χ2n) is 5.35. The van der Waals surface area contributed by atoms with Crippen LogP contribution in [0.3, 0.4) is 0 Å². The molecule has 0 aliphatic heterocycles. The highest BCUT2D eigenvalue weighted by Crippen LogP contribution is 2.31. The lowest BCUT2D eigenvalue weighted by Crippen LogP contribution is -2.29. The first-order chi connectivity index (χ1) is 12.9. The van der Waals surface area contributed by atoms with Gasteiger partial charge < -0.3 is 15.5 Å². The number of amides is 1. The molecule has 1 aromatic carbocycles. The molecular formula is C16H12ClFN4O4S. The van der Waals surface area contributed by atoms with E-state index in [4.69, 9.17) is 16.7 Å². The van der Waals surface area contributed by atoms with Crippen LogP contribution in [0.5, 0.6) is 5.75 Å². The van der Waals surface area contributed by atoms with Crippen molar-refractivity contribution >= 4 is 40.9 Å². The molecule has 0 bridgehead atoms. The summed E-state index contributed by atoms with van der Waals surface area (Å²) in [5.74, 6) is -2.48. The average molecular weight is 411 g/mol. The number of fused-ring (bicyclic) bond motifs is 1. The second kappa shape index (κ2) is 7.80. The number of aromatic hydroxyl groups is 1. The van der Waals surface area contributed by atoms with E-state index in [9.17, 15) is 19.1 Å². The monoisotopic (exact) mass is 410 g/mol. The number of carbonyl (C=O) groups excluding carboxylic acids is 1. The maximum Gasteiger partial charge on any atom is 0.322 e. The molecule has 3 aromatic rings. The summed E-state index contributed by atoms with van der Waals surface area (Å²) in [5, 5.41) is 25.6. The fraction of sp³-hybridized carbons (Fsp3) is 0.125. The van der Waals surface area contributed by atoms with Gasteiger partial charge in [-0.3, -0.25) is 9.59 Å². The van der Waals surface area contributed by atoms with Crippen LogP contribution in [0.2, 0.25) is 5.02 Å². The molecule has 8 nitrogen and oxygen atoms in total. The van der Waals surface area contributed by atoms with E-state index in [2.05, 4.69) is 15.4 Å². The molecule has 0 atom stereocenters. The minimum Gasteiger partial charge on any atom is -0.507 e. The molecule has 1 amide bonds. The third kappa shape index (κ3) is 4.12. The molecule has 2 heterocycles. The number of benzene rings is 1. The number of hydrogen-bond donors (Lipinski definition) is 3. The predicted molar refractivity (Wildman–Crippen MR) is 95.6 cm³/mol. The Labute approximate surface area is 161 Å². The molecule has 0 fully saturated rings. The number of carboxylic acid groups (broad SMARTS) is 1. The number of thioether (sulfide) groups is 1. The van der Waals surface area contributed by atoms with Crippen molar-refractivity contribution in [1.29, 1.82) is 0 Å². The number of nitrogens with one attached hydrogen (secondary N) is 1. The molecule has 0 saturated heterocycles. The summed E-state index contributed by atoms with van der Waals surface area (Å²) in [4.78, 5) is 26.7. The van der Waals surface area contributed by atoms with Crippen molar-refractivity contribution < 1.29 is 24.2 Å². The molecule has 11 heteroatoms. The first-order valence-electron chi connectivity index (χ1n) is 7.49. The minimum atomic E-state index is -1.22. The lowest BCUT2D eigenvalue weighted by Gasteiger charge is -2.10. The number of aromatic nitrogens is 3. The number of rotatable bonds is 6. The van der Waals surface area contributed by atoms with Crippen LogP contribution in [0.25, 0.3) is 5.65 Å². The largest absolute Gasteiger partial charge is 0.507 e.